The van der Waals surface area contributed by atoms with Crippen LogP contribution in [0.1, 0.15) is 16.1 Å². The molecule has 2 N–H and O–H groups in total. The fourth-order valence-electron chi connectivity index (χ4n) is 2.00. The lowest BCUT2D eigenvalue weighted by Gasteiger charge is -2.03. The van der Waals surface area contributed by atoms with Gasteiger partial charge in [-0.3, -0.25) is 4.79 Å². The number of nitrogen functional groups attached to an aromatic ring is 1. The number of hydrogen-bond acceptors (Lipinski definition) is 3. The Morgan fingerprint density at radius 3 is 2.75 bits per heavy atom. The predicted octanol–water partition coefficient (Wildman–Crippen LogP) is 4.15. The molecule has 0 bridgehead atoms. The van der Waals surface area contributed by atoms with Gasteiger partial charge in [-0.05, 0) is 30.3 Å². The van der Waals surface area contributed by atoms with Gasteiger partial charge in [-0.25, -0.2) is 4.39 Å². The molecule has 3 nitrogen and oxygen atoms in total. The molecule has 0 radical (unpaired) electrons. The van der Waals surface area contributed by atoms with Gasteiger partial charge in [0.1, 0.15) is 0 Å². The molecule has 0 aliphatic heterocycles. The lowest BCUT2D eigenvalue weighted by atomic mass is 10.1. The molecule has 0 unspecified atom stereocenters. The van der Waals surface area contributed by atoms with E-state index in [0.29, 0.717) is 16.6 Å². The Morgan fingerprint density at radius 2 is 2.00 bits per heavy atom. The standard InChI is InChI=1S/C15H9BrFNO2/c16-9-4-5-12(18)10(7-9)14(19)13-6-8-2-1-3-11(17)15(8)20-13/h1-7H,18H2. The van der Waals surface area contributed by atoms with Crippen LogP contribution in [0.15, 0.2) is 51.4 Å². The number of benzene rings is 2. The number of halogens is 2. The number of nitrogens with two attached hydrogens (primary N) is 1. The van der Waals surface area contributed by atoms with Crippen molar-refractivity contribution in [3.63, 3.8) is 0 Å². The van der Waals surface area contributed by atoms with Gasteiger partial charge in [0.25, 0.3) is 0 Å². The number of rotatable bonds is 2. The Balaban J connectivity index is 2.13. The second-order valence-electron chi connectivity index (χ2n) is 4.33. The van der Waals surface area contributed by atoms with Crippen LogP contribution >= 0.6 is 15.9 Å². The van der Waals surface area contributed by atoms with E-state index in [1.54, 1.807) is 30.3 Å². The van der Waals surface area contributed by atoms with E-state index in [2.05, 4.69) is 15.9 Å². The summed E-state index contributed by atoms with van der Waals surface area (Å²) in [6, 6.07) is 11.0. The maximum Gasteiger partial charge on any atom is 0.230 e. The Kier molecular flexibility index (Phi) is 3.06. The van der Waals surface area contributed by atoms with Gasteiger partial charge in [0.05, 0.1) is 0 Å². The average Bonchev–Trinajstić information content (AvgIpc) is 2.86. The van der Waals surface area contributed by atoms with Crippen molar-refractivity contribution >= 4 is 38.4 Å². The number of hydrogen-bond donors (Lipinski definition) is 1. The Labute approximate surface area is 122 Å². The van der Waals surface area contributed by atoms with Crippen molar-refractivity contribution in [1.29, 1.82) is 0 Å². The number of fused-ring (bicyclic) bond motifs is 1. The molecule has 3 aromatic rings. The topological polar surface area (TPSA) is 56.2 Å². The molecule has 0 aliphatic carbocycles. The first-order valence-corrected chi connectivity index (χ1v) is 6.63. The first kappa shape index (κ1) is 12.9. The summed E-state index contributed by atoms with van der Waals surface area (Å²) in [5.74, 6) is -0.807. The predicted molar refractivity (Wildman–Crippen MR) is 78.2 cm³/mol. The lowest BCUT2D eigenvalue weighted by Crippen LogP contribution is -2.04. The molecule has 3 rings (SSSR count). The van der Waals surface area contributed by atoms with E-state index in [9.17, 15) is 9.18 Å². The highest BCUT2D eigenvalue weighted by molar-refractivity contribution is 9.10. The Hall–Kier alpha value is -2.14. The second-order valence-corrected chi connectivity index (χ2v) is 5.25. The number of carbonyl (C=O) groups is 1. The van der Waals surface area contributed by atoms with Crippen molar-refractivity contribution in [3.05, 3.63) is 64.1 Å². The van der Waals surface area contributed by atoms with Gasteiger partial charge in [-0.15, -0.1) is 0 Å². The van der Waals surface area contributed by atoms with Gasteiger partial charge >= 0.3 is 0 Å². The number of ketones is 1. The fourth-order valence-corrected chi connectivity index (χ4v) is 2.36. The highest BCUT2D eigenvalue weighted by Crippen LogP contribution is 2.26. The quantitative estimate of drug-likeness (QED) is 0.566. The number of carbonyl (C=O) groups excluding carboxylic acids is 1. The summed E-state index contributed by atoms with van der Waals surface area (Å²) in [6.45, 7) is 0. The number of para-hydroxylation sites is 1. The van der Waals surface area contributed by atoms with E-state index >= 15 is 0 Å². The zero-order chi connectivity index (χ0) is 14.3. The largest absolute Gasteiger partial charge is 0.449 e. The van der Waals surface area contributed by atoms with E-state index in [1.807, 2.05) is 0 Å². The summed E-state index contributed by atoms with van der Waals surface area (Å²) in [5, 5.41) is 0.543. The van der Waals surface area contributed by atoms with Crippen LogP contribution in [0.4, 0.5) is 10.1 Å². The monoisotopic (exact) mass is 333 g/mol. The van der Waals surface area contributed by atoms with E-state index in [1.165, 1.54) is 12.1 Å². The van der Waals surface area contributed by atoms with Crippen LogP contribution < -0.4 is 5.73 Å². The molecule has 0 saturated heterocycles. The van der Waals surface area contributed by atoms with E-state index < -0.39 is 5.82 Å². The Morgan fingerprint density at radius 1 is 1.20 bits per heavy atom. The molecule has 0 aliphatic rings. The third-order valence-electron chi connectivity index (χ3n) is 2.98. The lowest BCUT2D eigenvalue weighted by molar-refractivity contribution is 0.101. The molecule has 2 aromatic carbocycles. The van der Waals surface area contributed by atoms with Gasteiger partial charge in [-0.2, -0.15) is 0 Å². The fraction of sp³-hybridized carbons (Fsp3) is 0. The third kappa shape index (κ3) is 2.10. The van der Waals surface area contributed by atoms with E-state index in [4.69, 9.17) is 10.2 Å². The van der Waals surface area contributed by atoms with Crippen LogP contribution in [0, 0.1) is 5.82 Å². The van der Waals surface area contributed by atoms with Crippen molar-refractivity contribution in [2.45, 2.75) is 0 Å². The van der Waals surface area contributed by atoms with Crippen LogP contribution in [-0.4, -0.2) is 5.78 Å². The minimum absolute atomic E-state index is 0.0647. The molecule has 1 heterocycles. The smallest absolute Gasteiger partial charge is 0.230 e. The Bertz CT molecular complexity index is 826. The molecule has 0 fully saturated rings. The maximum atomic E-state index is 13.6. The van der Waals surface area contributed by atoms with Crippen molar-refractivity contribution in [2.24, 2.45) is 0 Å². The van der Waals surface area contributed by atoms with Crippen LogP contribution in [0.2, 0.25) is 0 Å². The SMILES string of the molecule is Nc1ccc(Br)cc1C(=O)c1cc2cccc(F)c2o1. The number of anilines is 1. The molecule has 5 heteroatoms. The molecule has 0 saturated carbocycles. The van der Waals surface area contributed by atoms with Crippen LogP contribution in [0.3, 0.4) is 0 Å². The van der Waals surface area contributed by atoms with Crippen LogP contribution in [0.5, 0.6) is 0 Å². The molecule has 0 atom stereocenters. The zero-order valence-corrected chi connectivity index (χ0v) is 11.8. The second kappa shape index (κ2) is 4.76. The summed E-state index contributed by atoms with van der Waals surface area (Å²) in [7, 11) is 0. The first-order valence-electron chi connectivity index (χ1n) is 5.84. The minimum atomic E-state index is -0.497. The first-order chi connectivity index (χ1) is 9.56. The summed E-state index contributed by atoms with van der Waals surface area (Å²) in [6.07, 6.45) is 0. The molecular formula is C15H9BrFNO2. The van der Waals surface area contributed by atoms with Crippen LogP contribution in [-0.2, 0) is 0 Å². The van der Waals surface area contributed by atoms with Gasteiger partial charge < -0.3 is 10.2 Å². The summed E-state index contributed by atoms with van der Waals surface area (Å²) < 4.78 is 19.6. The molecule has 0 spiro atoms. The maximum absolute atomic E-state index is 13.6. The molecular weight excluding hydrogens is 325 g/mol. The van der Waals surface area contributed by atoms with Crippen molar-refractivity contribution < 1.29 is 13.6 Å². The third-order valence-corrected chi connectivity index (χ3v) is 3.47. The summed E-state index contributed by atoms with van der Waals surface area (Å²) in [5.41, 5.74) is 6.53. The molecule has 0 amide bonds. The number of furan rings is 1. The summed E-state index contributed by atoms with van der Waals surface area (Å²) >= 11 is 3.29. The van der Waals surface area contributed by atoms with Gasteiger partial charge in [0, 0.05) is 21.1 Å². The van der Waals surface area contributed by atoms with Gasteiger partial charge in [-0.1, -0.05) is 28.1 Å². The average molecular weight is 334 g/mol. The minimum Gasteiger partial charge on any atom is -0.449 e. The normalized spacial score (nSPS) is 10.9. The van der Waals surface area contributed by atoms with Crippen molar-refractivity contribution in [3.8, 4) is 0 Å². The van der Waals surface area contributed by atoms with E-state index in [0.717, 1.165) is 4.47 Å². The summed E-state index contributed by atoms with van der Waals surface area (Å²) in [4.78, 5) is 12.4. The zero-order valence-electron chi connectivity index (χ0n) is 10.2. The van der Waals surface area contributed by atoms with E-state index in [-0.39, 0.29) is 17.1 Å². The molecule has 20 heavy (non-hydrogen) atoms. The van der Waals surface area contributed by atoms with Crippen LogP contribution in [0.25, 0.3) is 11.0 Å². The molecule has 1 aromatic heterocycles. The molecule has 100 valence electrons. The highest BCUT2D eigenvalue weighted by Gasteiger charge is 2.18. The highest BCUT2D eigenvalue weighted by atomic mass is 79.9. The van der Waals surface area contributed by atoms with Gasteiger partial charge in [0.2, 0.25) is 5.78 Å². The van der Waals surface area contributed by atoms with Crippen molar-refractivity contribution in [2.75, 3.05) is 5.73 Å². The van der Waals surface area contributed by atoms with Gasteiger partial charge in [0.15, 0.2) is 17.2 Å². The van der Waals surface area contributed by atoms with Crippen molar-refractivity contribution in [1.82, 2.24) is 0 Å².